The summed E-state index contributed by atoms with van der Waals surface area (Å²) < 4.78 is 127. The zero-order valence-corrected chi connectivity index (χ0v) is 74.5. The summed E-state index contributed by atoms with van der Waals surface area (Å²) in [7, 11) is -0.805. The van der Waals surface area contributed by atoms with Gasteiger partial charge in [0.2, 0.25) is 10.0 Å². The highest BCUT2D eigenvalue weighted by molar-refractivity contribution is 7.92. The lowest BCUT2D eigenvalue weighted by Gasteiger charge is -2.45. The molecule has 670 valence electrons. The van der Waals surface area contributed by atoms with Crippen LogP contribution in [0.1, 0.15) is 158 Å². The van der Waals surface area contributed by atoms with Crippen molar-refractivity contribution in [1.82, 2.24) is 53.5 Å². The van der Waals surface area contributed by atoms with Crippen molar-refractivity contribution in [2.45, 2.75) is 129 Å². The van der Waals surface area contributed by atoms with Crippen molar-refractivity contribution in [2.24, 2.45) is 19.2 Å². The summed E-state index contributed by atoms with van der Waals surface area (Å²) in [6, 6.07) is 55.7. The molecule has 4 fully saturated rings. The van der Waals surface area contributed by atoms with E-state index < -0.39 is 53.3 Å². The van der Waals surface area contributed by atoms with Crippen molar-refractivity contribution in [3.63, 3.8) is 0 Å². The Morgan fingerprint density at radius 3 is 1.47 bits per heavy atom. The average Bonchev–Trinajstić information content (AvgIpc) is 1.68. The zero-order chi connectivity index (χ0) is 90.4. The molecular weight excluding hydrogens is 1690 g/mol. The first-order chi connectivity index (χ1) is 61.9. The quantitative estimate of drug-likeness (QED) is 0.133. The highest BCUT2D eigenvalue weighted by Crippen LogP contribution is 2.54. The van der Waals surface area contributed by atoms with Crippen molar-refractivity contribution in [3.05, 3.63) is 275 Å². The Hall–Kier alpha value is -13.4. The number of benzene rings is 8. The second-order valence-electron chi connectivity index (χ2n) is 34.4. The summed E-state index contributed by atoms with van der Waals surface area (Å²) in [6.45, 7) is 13.4. The third-order valence-corrected chi connectivity index (χ3v) is 29.5. The molecule has 21 rings (SSSR count). The standard InChI is InChI=1S/C26H29N3O4S.C25H26FN3O3.C24H20FN3O3.C23H23N3O5S.2H2/c1-17(2)34(31,32)23-10-9-19(15-18(23)3)25(30)29-13-11-26(12-14-29)21-16-27-28(4)24(21)20-7-5-6-8-22(20)33-26;1-16(2)29-22-17-7-4-5-10-21(17)32-25(19(22)15-27-29)11-13-28(14-12-25)24(30)18-8-6-9-20(26)23(18)31-3;1-27-22-17-4-2-3-5-20(17)31-24(18(22)14-26-27)8-10-28(11-9-24)23(29)21-13-15-12-16(25)6-7-19(15)30-21;1-30-19-9-8-16(15-20(19)32(24,28)29)22(27)25-13-10-23(11-14-25)21-7-4-12-26(21)17-5-2-3-6-18(17)31-23;;/h5-10,15-17H,11-14H2,1-4H3;4-10,15-16H,11-14H2,1-3H3;2-7,12-14H,8-11H2,1H3;2-9,12,15H,10-11,13-14H2,1H3,(H2,24,28,29);2*1H. The number of hydrogen-bond donors (Lipinski definition) is 1. The molecule has 0 atom stereocenters. The smallest absolute Gasteiger partial charge is 0.289 e. The van der Waals surface area contributed by atoms with Crippen molar-refractivity contribution < 1.29 is 80.5 Å². The summed E-state index contributed by atoms with van der Waals surface area (Å²) in [5.74, 6) is 2.03. The van der Waals surface area contributed by atoms with Gasteiger partial charge in [0.25, 0.3) is 23.6 Å². The number of likely N-dealkylation sites (tertiary alicyclic amines) is 4. The molecule has 8 aliphatic rings. The lowest BCUT2D eigenvalue weighted by Crippen LogP contribution is -2.50. The second kappa shape index (κ2) is 33.7. The van der Waals surface area contributed by atoms with E-state index in [-0.39, 0.29) is 76.5 Å². The zero-order valence-electron chi connectivity index (χ0n) is 72.9. The Kier molecular flexibility index (Phi) is 22.5. The number of sulfonamides is 1. The molecule has 27 nitrogen and oxygen atoms in total. The number of furan rings is 1. The number of para-hydroxylation sites is 6. The minimum Gasteiger partial charge on any atom is -0.495 e. The number of fused-ring (bicyclic) bond motifs is 17. The van der Waals surface area contributed by atoms with E-state index in [0.29, 0.717) is 126 Å². The number of amides is 4. The van der Waals surface area contributed by atoms with E-state index in [2.05, 4.69) is 45.8 Å². The SMILES string of the molecule is COc1c(F)cccc1C(=O)N1CCC2(CC1)Oc1ccccc1-c1c2cnn1C(C)C.COc1ccc(C(=O)N2CCC3(CC2)Oc2ccccc2-n2cccc23)cc1S(N)(=O)=O.Cc1cc(C(=O)N2CCC3(CC2)Oc2ccccc2-c2c3cnn2C)ccc1S(=O)(=O)C(C)C.Cn1ncc2c1-c1ccccc1OC21CCN(C(=O)c2cc3cc(F)ccc3o2)CC1.[HH].[HH]. The molecule has 0 bridgehead atoms. The third-order valence-electron chi connectivity index (χ3n) is 26.2. The molecule has 13 aromatic rings. The molecular formula is C98H102F2N12O15S2. The maximum absolute atomic E-state index is 14.1. The molecule has 31 heteroatoms. The molecule has 13 heterocycles. The fourth-order valence-electron chi connectivity index (χ4n) is 19.4. The van der Waals surface area contributed by atoms with Crippen LogP contribution in [-0.4, -0.2) is 166 Å². The van der Waals surface area contributed by atoms with Crippen LogP contribution in [0.5, 0.6) is 34.5 Å². The number of aromatic nitrogens is 7. The minimum absolute atomic E-state index is 0. The topological polar surface area (TPSA) is 302 Å². The van der Waals surface area contributed by atoms with Crippen molar-refractivity contribution >= 4 is 54.5 Å². The van der Waals surface area contributed by atoms with Crippen molar-refractivity contribution in [1.29, 1.82) is 0 Å². The first-order valence-electron chi connectivity index (χ1n) is 43.1. The molecule has 4 saturated heterocycles. The van der Waals surface area contributed by atoms with Crippen LogP contribution in [0.4, 0.5) is 8.78 Å². The molecule has 0 saturated carbocycles. The highest BCUT2D eigenvalue weighted by Gasteiger charge is 2.51. The Bertz CT molecular complexity index is 6830. The summed E-state index contributed by atoms with van der Waals surface area (Å²) in [6.07, 6.45) is 12.8. The van der Waals surface area contributed by atoms with Crippen LogP contribution in [0, 0.1) is 18.6 Å². The number of primary sulfonamides is 1. The Morgan fingerprint density at radius 1 is 0.481 bits per heavy atom. The van der Waals surface area contributed by atoms with Gasteiger partial charge in [-0.2, -0.15) is 15.3 Å². The van der Waals surface area contributed by atoms with E-state index in [1.807, 2.05) is 155 Å². The molecule has 129 heavy (non-hydrogen) atoms. The van der Waals surface area contributed by atoms with Crippen LogP contribution in [0.2, 0.25) is 0 Å². The first kappa shape index (κ1) is 86.4. The van der Waals surface area contributed by atoms with Gasteiger partial charge in [-0.1, -0.05) is 54.6 Å². The molecule has 0 unspecified atom stereocenters. The molecule has 8 aliphatic heterocycles. The monoisotopic (exact) mass is 1790 g/mol. The maximum atomic E-state index is 14.1. The van der Waals surface area contributed by atoms with E-state index in [1.165, 1.54) is 50.6 Å². The number of carbonyl (C=O) groups excluding carboxylic acids is 4. The summed E-state index contributed by atoms with van der Waals surface area (Å²) in [5.41, 5.74) is 11.7. The number of ether oxygens (including phenoxy) is 6. The molecule has 5 aromatic heterocycles. The van der Waals surface area contributed by atoms with Crippen LogP contribution < -0.4 is 33.6 Å². The van der Waals surface area contributed by atoms with Crippen LogP contribution >= 0.6 is 0 Å². The van der Waals surface area contributed by atoms with Gasteiger partial charge in [-0.05, 0) is 174 Å². The van der Waals surface area contributed by atoms with E-state index in [0.717, 1.165) is 84.8 Å². The first-order valence-corrected chi connectivity index (χ1v) is 46.2. The minimum atomic E-state index is -4.03. The number of rotatable bonds is 10. The number of sulfone groups is 1. The number of aryl methyl sites for hydroxylation is 3. The lowest BCUT2D eigenvalue weighted by molar-refractivity contribution is -0.00941. The van der Waals surface area contributed by atoms with Gasteiger partial charge in [-0.15, -0.1) is 0 Å². The Labute approximate surface area is 748 Å². The number of carbonyl (C=O) groups is 4. The average molecular weight is 1790 g/mol. The summed E-state index contributed by atoms with van der Waals surface area (Å²) in [5, 5.41) is 19.0. The van der Waals surface area contributed by atoms with Gasteiger partial charge in [0.1, 0.15) is 61.8 Å². The Morgan fingerprint density at radius 2 is 0.953 bits per heavy atom. The molecule has 0 aliphatic carbocycles. The largest absolute Gasteiger partial charge is 0.495 e. The van der Waals surface area contributed by atoms with Gasteiger partial charge in [-0.3, -0.25) is 33.2 Å². The summed E-state index contributed by atoms with van der Waals surface area (Å²) >= 11 is 0. The number of nitrogens with two attached hydrogens (primary N) is 1. The number of piperidine rings is 4. The molecule has 4 amide bonds. The van der Waals surface area contributed by atoms with E-state index in [1.54, 1.807) is 77.9 Å². The van der Waals surface area contributed by atoms with Gasteiger partial charge < -0.3 is 57.0 Å². The van der Waals surface area contributed by atoms with Gasteiger partial charge in [0, 0.05) is 183 Å². The second-order valence-corrected chi connectivity index (χ2v) is 38.4. The van der Waals surface area contributed by atoms with Crippen LogP contribution in [0.25, 0.3) is 50.4 Å². The van der Waals surface area contributed by atoms with Gasteiger partial charge in [0.05, 0.1) is 77.0 Å². The van der Waals surface area contributed by atoms with Gasteiger partial charge in [-0.25, -0.2) is 30.8 Å². The predicted octanol–water partition coefficient (Wildman–Crippen LogP) is 16.5. The number of halogens is 2. The normalized spacial score (nSPS) is 16.7. The number of nitrogens with zero attached hydrogens (tertiary/aromatic N) is 11. The predicted molar refractivity (Wildman–Crippen MR) is 482 cm³/mol. The summed E-state index contributed by atoms with van der Waals surface area (Å²) in [4.78, 5) is 59.8. The van der Waals surface area contributed by atoms with Gasteiger partial charge >= 0.3 is 0 Å². The lowest BCUT2D eigenvalue weighted by atomic mass is 9.80. The van der Waals surface area contributed by atoms with E-state index in [9.17, 15) is 44.8 Å². The molecule has 8 aromatic carbocycles. The van der Waals surface area contributed by atoms with E-state index >= 15 is 0 Å². The van der Waals surface area contributed by atoms with Crippen molar-refractivity contribution in [2.75, 3.05) is 66.6 Å². The molecule has 4 spiro atoms. The number of methoxy groups -OCH3 is 2. The fraction of sp³-hybridized carbons (Fsp3) is 0.316. The third kappa shape index (κ3) is 15.5. The maximum Gasteiger partial charge on any atom is 0.289 e. The fourth-order valence-corrected chi connectivity index (χ4v) is 21.4. The number of hydrogen-bond acceptors (Lipinski definition) is 18. The van der Waals surface area contributed by atoms with Crippen LogP contribution in [0.15, 0.2) is 227 Å². The van der Waals surface area contributed by atoms with Crippen LogP contribution in [0.3, 0.4) is 0 Å². The van der Waals surface area contributed by atoms with E-state index in [4.69, 9.17) is 38.0 Å². The van der Waals surface area contributed by atoms with Gasteiger partial charge in [0.15, 0.2) is 32.8 Å². The Balaban J connectivity index is 0.000000127. The van der Waals surface area contributed by atoms with Crippen molar-refractivity contribution in [3.8, 4) is 74.0 Å². The highest BCUT2D eigenvalue weighted by atomic mass is 32.2. The molecule has 0 radical (unpaired) electrons. The van der Waals surface area contributed by atoms with Crippen LogP contribution in [-0.2, 0) is 56.4 Å². The molecule has 2 N–H and O–H groups in total.